The van der Waals surface area contributed by atoms with Gasteiger partial charge in [0.15, 0.2) is 17.5 Å². The van der Waals surface area contributed by atoms with Gasteiger partial charge in [0.1, 0.15) is 17.2 Å². The summed E-state index contributed by atoms with van der Waals surface area (Å²) in [5, 5.41) is 0.159. The summed E-state index contributed by atoms with van der Waals surface area (Å²) < 4.78 is 46.6. The van der Waals surface area contributed by atoms with Crippen molar-refractivity contribution in [2.75, 3.05) is 11.0 Å². The second-order valence-corrected chi connectivity index (χ2v) is 9.09. The normalized spacial score (nSPS) is 14.2. The van der Waals surface area contributed by atoms with Crippen LogP contribution in [-0.4, -0.2) is 29.6 Å². The molecular formula is C19H18ClFN4O3S. The third kappa shape index (κ3) is 4.25. The van der Waals surface area contributed by atoms with Crippen LogP contribution in [0.1, 0.15) is 37.4 Å². The Morgan fingerprint density at radius 3 is 2.72 bits per heavy atom. The Balaban J connectivity index is 1.91. The maximum Gasteiger partial charge on any atom is 0.229 e. The van der Waals surface area contributed by atoms with E-state index in [-0.39, 0.29) is 27.9 Å². The Hall–Kier alpha value is -2.52. The van der Waals surface area contributed by atoms with Crippen molar-refractivity contribution in [3.63, 3.8) is 0 Å². The van der Waals surface area contributed by atoms with E-state index < -0.39 is 15.8 Å². The fraction of sp³-hybridized carbons (Fsp3) is 0.316. The van der Waals surface area contributed by atoms with Gasteiger partial charge in [-0.2, -0.15) is 0 Å². The summed E-state index contributed by atoms with van der Waals surface area (Å²) in [6, 6.07) is 4.27. The van der Waals surface area contributed by atoms with Crippen LogP contribution in [0.25, 0.3) is 22.7 Å². The average Bonchev–Trinajstić information content (AvgIpc) is 3.42. The van der Waals surface area contributed by atoms with E-state index in [1.807, 2.05) is 6.92 Å². The fourth-order valence-electron chi connectivity index (χ4n) is 2.93. The molecule has 1 saturated carbocycles. The summed E-state index contributed by atoms with van der Waals surface area (Å²) in [6.07, 6.45) is 5.06. The van der Waals surface area contributed by atoms with E-state index >= 15 is 4.39 Å². The second-order valence-electron chi connectivity index (χ2n) is 6.90. The molecule has 4 rings (SSSR count). The Kier molecular flexibility index (Phi) is 5.04. The highest BCUT2D eigenvalue weighted by Crippen LogP contribution is 2.44. The van der Waals surface area contributed by atoms with Crippen LogP contribution in [-0.2, 0) is 16.4 Å². The summed E-state index contributed by atoms with van der Waals surface area (Å²) in [6.45, 7) is 1.93. The molecular weight excluding hydrogens is 419 g/mol. The number of anilines is 1. The molecule has 0 aliphatic heterocycles. The SMILES string of the molecule is CCc1nccc(-c2oc(C3CC3)nc2-c2cc(Cl)cc(NS(C)(=O)=O)c2F)n1. The molecule has 1 aromatic carbocycles. The number of benzene rings is 1. The topological polar surface area (TPSA) is 98.0 Å². The maximum atomic E-state index is 15.2. The number of rotatable bonds is 6. The van der Waals surface area contributed by atoms with Gasteiger partial charge in [-0.15, -0.1) is 0 Å². The number of oxazole rings is 1. The number of sulfonamides is 1. The van der Waals surface area contributed by atoms with Crippen LogP contribution in [0, 0.1) is 5.82 Å². The summed E-state index contributed by atoms with van der Waals surface area (Å²) >= 11 is 6.14. The fourth-order valence-corrected chi connectivity index (χ4v) is 3.70. The lowest BCUT2D eigenvalue weighted by Gasteiger charge is -2.10. The summed E-state index contributed by atoms with van der Waals surface area (Å²) in [4.78, 5) is 13.2. The van der Waals surface area contributed by atoms with Crippen LogP contribution in [0.4, 0.5) is 10.1 Å². The highest BCUT2D eigenvalue weighted by atomic mass is 35.5. The van der Waals surface area contributed by atoms with E-state index in [4.69, 9.17) is 16.0 Å². The predicted molar refractivity (Wildman–Crippen MR) is 108 cm³/mol. The van der Waals surface area contributed by atoms with Crippen molar-refractivity contribution < 1.29 is 17.2 Å². The van der Waals surface area contributed by atoms with Crippen LogP contribution >= 0.6 is 11.6 Å². The first-order chi connectivity index (χ1) is 13.7. The number of hydrogen-bond donors (Lipinski definition) is 1. The van der Waals surface area contributed by atoms with E-state index in [9.17, 15) is 8.42 Å². The van der Waals surface area contributed by atoms with Gasteiger partial charge in [-0.25, -0.2) is 27.8 Å². The van der Waals surface area contributed by atoms with Crippen LogP contribution in [0.2, 0.25) is 5.02 Å². The first-order valence-corrected chi connectivity index (χ1v) is 11.3. The summed E-state index contributed by atoms with van der Waals surface area (Å²) in [7, 11) is -3.70. The number of nitrogens with one attached hydrogen (secondary N) is 1. The minimum Gasteiger partial charge on any atom is -0.438 e. The molecule has 3 aromatic rings. The standard InChI is InChI=1S/C19H18ClFN4O3S/c1-3-15-22-7-6-13(23-15)18-17(24-19(28-18)10-4-5-10)12-8-11(20)9-14(16(12)21)25-29(2,26)27/h6-10,25H,3-5H2,1-2H3. The number of aromatic nitrogens is 3. The van der Waals surface area contributed by atoms with Gasteiger partial charge < -0.3 is 4.42 Å². The zero-order valence-corrected chi connectivity index (χ0v) is 17.3. The molecule has 10 heteroatoms. The number of hydrogen-bond acceptors (Lipinski definition) is 6. The first kappa shape index (κ1) is 19.8. The maximum absolute atomic E-state index is 15.2. The molecule has 2 heterocycles. The monoisotopic (exact) mass is 436 g/mol. The quantitative estimate of drug-likeness (QED) is 0.614. The van der Waals surface area contributed by atoms with Gasteiger partial charge >= 0.3 is 0 Å². The van der Waals surface area contributed by atoms with Crippen molar-refractivity contribution in [2.45, 2.75) is 32.1 Å². The molecule has 0 unspecified atom stereocenters. The minimum absolute atomic E-state index is 0.0333. The molecule has 0 saturated heterocycles. The molecule has 0 radical (unpaired) electrons. The Bertz CT molecular complexity index is 1190. The lowest BCUT2D eigenvalue weighted by atomic mass is 10.1. The van der Waals surface area contributed by atoms with Crippen LogP contribution < -0.4 is 4.72 Å². The van der Waals surface area contributed by atoms with E-state index in [1.54, 1.807) is 12.3 Å². The molecule has 0 atom stereocenters. The van der Waals surface area contributed by atoms with Gasteiger partial charge in [0.25, 0.3) is 0 Å². The van der Waals surface area contributed by atoms with E-state index in [1.165, 1.54) is 12.1 Å². The molecule has 29 heavy (non-hydrogen) atoms. The first-order valence-electron chi connectivity index (χ1n) is 9.05. The molecule has 7 nitrogen and oxygen atoms in total. The van der Waals surface area contributed by atoms with Crippen LogP contribution in [0.5, 0.6) is 0 Å². The Morgan fingerprint density at radius 2 is 2.07 bits per heavy atom. The number of halogens is 2. The lowest BCUT2D eigenvalue weighted by Crippen LogP contribution is -2.11. The Labute approximate surface area is 172 Å². The molecule has 1 aliphatic carbocycles. The van der Waals surface area contributed by atoms with Crippen LogP contribution in [0.15, 0.2) is 28.8 Å². The highest BCUT2D eigenvalue weighted by Gasteiger charge is 2.32. The molecule has 0 spiro atoms. The zero-order chi connectivity index (χ0) is 20.8. The van der Waals surface area contributed by atoms with Crippen molar-refractivity contribution in [1.82, 2.24) is 15.0 Å². The molecule has 152 valence electrons. The minimum atomic E-state index is -3.70. The third-order valence-electron chi connectivity index (χ3n) is 4.41. The predicted octanol–water partition coefficient (Wildman–Crippen LogP) is 4.40. The van der Waals surface area contributed by atoms with E-state index in [0.717, 1.165) is 19.1 Å². The van der Waals surface area contributed by atoms with E-state index in [2.05, 4.69) is 19.7 Å². The van der Waals surface area contributed by atoms with Gasteiger partial charge in [0.2, 0.25) is 10.0 Å². The largest absolute Gasteiger partial charge is 0.438 e. The molecule has 1 fully saturated rings. The van der Waals surface area contributed by atoms with Gasteiger partial charge in [-0.1, -0.05) is 18.5 Å². The highest BCUT2D eigenvalue weighted by molar-refractivity contribution is 7.92. The van der Waals surface area contributed by atoms with Crippen molar-refractivity contribution in [1.29, 1.82) is 0 Å². The van der Waals surface area contributed by atoms with Crippen molar-refractivity contribution in [3.8, 4) is 22.7 Å². The molecule has 1 N–H and O–H groups in total. The molecule has 0 bridgehead atoms. The van der Waals surface area contributed by atoms with Crippen molar-refractivity contribution >= 4 is 27.3 Å². The third-order valence-corrected chi connectivity index (χ3v) is 5.22. The lowest BCUT2D eigenvalue weighted by molar-refractivity contribution is 0.507. The van der Waals surface area contributed by atoms with Gasteiger partial charge in [-0.3, -0.25) is 4.72 Å². The number of nitrogens with zero attached hydrogens (tertiary/aromatic N) is 3. The molecule has 2 aromatic heterocycles. The average molecular weight is 437 g/mol. The second kappa shape index (κ2) is 7.38. The summed E-state index contributed by atoms with van der Waals surface area (Å²) in [5.41, 5.74) is 0.479. The Morgan fingerprint density at radius 1 is 1.31 bits per heavy atom. The van der Waals surface area contributed by atoms with Gasteiger partial charge in [-0.05, 0) is 31.0 Å². The smallest absolute Gasteiger partial charge is 0.229 e. The summed E-state index contributed by atoms with van der Waals surface area (Å²) in [5.74, 6) is 0.815. The van der Waals surface area contributed by atoms with Gasteiger partial charge in [0.05, 0.1) is 11.9 Å². The van der Waals surface area contributed by atoms with E-state index in [0.29, 0.717) is 29.6 Å². The van der Waals surface area contributed by atoms with Crippen molar-refractivity contribution in [3.05, 3.63) is 47.0 Å². The van der Waals surface area contributed by atoms with Crippen molar-refractivity contribution in [2.24, 2.45) is 0 Å². The van der Waals surface area contributed by atoms with Gasteiger partial charge in [0, 0.05) is 29.1 Å². The number of aryl methyl sites for hydroxylation is 1. The molecule has 0 amide bonds. The molecule has 1 aliphatic rings. The zero-order valence-electron chi connectivity index (χ0n) is 15.7. The van der Waals surface area contributed by atoms with Crippen LogP contribution in [0.3, 0.4) is 0 Å².